The van der Waals surface area contributed by atoms with Crippen molar-refractivity contribution in [3.63, 3.8) is 0 Å². The van der Waals surface area contributed by atoms with E-state index in [0.717, 1.165) is 23.1 Å². The van der Waals surface area contributed by atoms with E-state index in [1.807, 2.05) is 41.8 Å². The number of nitrogens with one attached hydrogen (secondary N) is 1. The van der Waals surface area contributed by atoms with Gasteiger partial charge in [-0.05, 0) is 37.3 Å². The van der Waals surface area contributed by atoms with Crippen molar-refractivity contribution in [1.82, 2.24) is 20.1 Å². The van der Waals surface area contributed by atoms with Crippen molar-refractivity contribution < 1.29 is 4.79 Å². The molecule has 0 spiro atoms. The highest BCUT2D eigenvalue weighted by molar-refractivity contribution is 7.99. The van der Waals surface area contributed by atoms with Gasteiger partial charge < -0.3 is 5.32 Å². The first-order valence-electron chi connectivity index (χ1n) is 8.96. The predicted molar refractivity (Wildman–Crippen MR) is 101 cm³/mol. The molecule has 3 rings (SSSR count). The molecule has 1 N–H and O–H groups in total. The largest absolute Gasteiger partial charge is 0.352 e. The van der Waals surface area contributed by atoms with Crippen molar-refractivity contribution in [2.24, 2.45) is 11.8 Å². The molecule has 2 aromatic rings. The number of para-hydroxylation sites is 1. The zero-order valence-corrected chi connectivity index (χ0v) is 15.9. The van der Waals surface area contributed by atoms with Crippen LogP contribution in [-0.4, -0.2) is 32.5 Å². The molecule has 1 aromatic heterocycles. The molecule has 0 radical (unpaired) electrons. The second kappa shape index (κ2) is 8.04. The summed E-state index contributed by atoms with van der Waals surface area (Å²) in [5.74, 6) is 2.48. The number of nitrogens with zero attached hydrogens (tertiary/aromatic N) is 3. The van der Waals surface area contributed by atoms with E-state index in [1.54, 1.807) is 0 Å². The highest BCUT2D eigenvalue weighted by Gasteiger charge is 2.28. The molecule has 1 fully saturated rings. The maximum atomic E-state index is 12.4. The highest BCUT2D eigenvalue weighted by Crippen LogP contribution is 2.29. The Labute approximate surface area is 153 Å². The lowest BCUT2D eigenvalue weighted by Gasteiger charge is -2.34. The molecule has 1 saturated carbocycles. The van der Waals surface area contributed by atoms with E-state index in [9.17, 15) is 4.79 Å². The van der Waals surface area contributed by atoms with E-state index in [4.69, 9.17) is 0 Å². The fraction of sp³-hybridized carbons (Fsp3) is 0.526. The quantitative estimate of drug-likeness (QED) is 0.830. The average molecular weight is 359 g/mol. The molecule has 1 aliphatic carbocycles. The summed E-state index contributed by atoms with van der Waals surface area (Å²) in [5.41, 5.74) is 1.02. The van der Waals surface area contributed by atoms with Crippen molar-refractivity contribution in [3.05, 3.63) is 36.2 Å². The van der Waals surface area contributed by atoms with Crippen LogP contribution in [-0.2, 0) is 4.79 Å². The fourth-order valence-electron chi connectivity index (χ4n) is 3.48. The lowest BCUT2D eigenvalue weighted by molar-refractivity contribution is -0.120. The first-order chi connectivity index (χ1) is 12.1. The normalized spacial score (nSPS) is 23.4. The number of carbonyl (C=O) groups excluding carboxylic acids is 1. The lowest BCUT2D eigenvalue weighted by Crippen LogP contribution is -2.44. The molecular weight excluding hydrogens is 332 g/mol. The van der Waals surface area contributed by atoms with Gasteiger partial charge in [-0.3, -0.25) is 9.36 Å². The average Bonchev–Trinajstić information content (AvgIpc) is 2.98. The van der Waals surface area contributed by atoms with Gasteiger partial charge in [-0.25, -0.2) is 0 Å². The van der Waals surface area contributed by atoms with Crippen LogP contribution in [0, 0.1) is 18.8 Å². The molecule has 25 heavy (non-hydrogen) atoms. The summed E-state index contributed by atoms with van der Waals surface area (Å²) in [6, 6.07) is 10.3. The Morgan fingerprint density at radius 2 is 2.00 bits per heavy atom. The first kappa shape index (κ1) is 18.0. The van der Waals surface area contributed by atoms with E-state index in [1.165, 1.54) is 24.6 Å². The van der Waals surface area contributed by atoms with Crippen molar-refractivity contribution >= 4 is 17.7 Å². The third-order valence-corrected chi connectivity index (χ3v) is 6.12. The second-order valence-electron chi connectivity index (χ2n) is 6.93. The Bertz CT molecular complexity index is 715. The molecule has 1 aliphatic rings. The molecule has 1 amide bonds. The van der Waals surface area contributed by atoms with Gasteiger partial charge in [0.15, 0.2) is 5.16 Å². The van der Waals surface area contributed by atoms with Crippen LogP contribution in [0.4, 0.5) is 0 Å². The molecule has 6 heteroatoms. The number of benzene rings is 1. The molecular formula is C19H26N4OS. The molecule has 0 saturated heterocycles. The van der Waals surface area contributed by atoms with E-state index in [-0.39, 0.29) is 5.91 Å². The van der Waals surface area contributed by atoms with Gasteiger partial charge in [0, 0.05) is 11.7 Å². The summed E-state index contributed by atoms with van der Waals surface area (Å²) in [4.78, 5) is 12.4. The minimum absolute atomic E-state index is 0.0798. The van der Waals surface area contributed by atoms with E-state index >= 15 is 0 Å². The van der Waals surface area contributed by atoms with Crippen LogP contribution in [0.15, 0.2) is 35.5 Å². The number of amides is 1. The Morgan fingerprint density at radius 3 is 2.76 bits per heavy atom. The highest BCUT2D eigenvalue weighted by atomic mass is 32.2. The molecule has 134 valence electrons. The second-order valence-corrected chi connectivity index (χ2v) is 7.87. The van der Waals surface area contributed by atoms with Crippen LogP contribution < -0.4 is 5.32 Å². The number of aryl methyl sites for hydroxylation is 1. The molecule has 0 aliphatic heterocycles. The van der Waals surface area contributed by atoms with Gasteiger partial charge in [0.1, 0.15) is 5.82 Å². The first-order valence-corrected chi connectivity index (χ1v) is 9.94. The number of aromatic nitrogens is 3. The topological polar surface area (TPSA) is 59.8 Å². The summed E-state index contributed by atoms with van der Waals surface area (Å²) in [6.45, 7) is 6.45. The number of hydrogen-bond donors (Lipinski definition) is 1. The summed E-state index contributed by atoms with van der Waals surface area (Å²) in [5, 5.41) is 12.4. The van der Waals surface area contributed by atoms with E-state index in [2.05, 4.69) is 29.4 Å². The van der Waals surface area contributed by atoms with Gasteiger partial charge in [-0.1, -0.05) is 56.7 Å². The molecule has 1 aromatic carbocycles. The summed E-state index contributed by atoms with van der Waals surface area (Å²) >= 11 is 1.44. The van der Waals surface area contributed by atoms with E-state index in [0.29, 0.717) is 23.6 Å². The number of thioether (sulfide) groups is 1. The van der Waals surface area contributed by atoms with Crippen LogP contribution in [0.25, 0.3) is 5.69 Å². The molecule has 3 atom stereocenters. The zero-order chi connectivity index (χ0) is 17.8. The van der Waals surface area contributed by atoms with Gasteiger partial charge >= 0.3 is 0 Å². The van der Waals surface area contributed by atoms with Crippen LogP contribution >= 0.6 is 11.8 Å². The number of rotatable bonds is 5. The third-order valence-electron chi connectivity index (χ3n) is 5.20. The van der Waals surface area contributed by atoms with Crippen molar-refractivity contribution in [2.45, 2.75) is 51.2 Å². The third kappa shape index (κ3) is 4.24. The minimum atomic E-state index is 0.0798. The Balaban J connectivity index is 1.62. The summed E-state index contributed by atoms with van der Waals surface area (Å²) in [6.07, 6.45) is 3.55. The van der Waals surface area contributed by atoms with Crippen molar-refractivity contribution in [1.29, 1.82) is 0 Å². The smallest absolute Gasteiger partial charge is 0.230 e. The summed E-state index contributed by atoms with van der Waals surface area (Å²) in [7, 11) is 0. The van der Waals surface area contributed by atoms with Gasteiger partial charge in [0.2, 0.25) is 5.91 Å². The Morgan fingerprint density at radius 1 is 1.24 bits per heavy atom. The fourth-order valence-corrected chi connectivity index (χ4v) is 4.28. The Hall–Kier alpha value is -1.82. The van der Waals surface area contributed by atoms with E-state index < -0.39 is 0 Å². The van der Waals surface area contributed by atoms with Crippen molar-refractivity contribution in [3.8, 4) is 5.69 Å². The van der Waals surface area contributed by atoms with Crippen LogP contribution in [0.5, 0.6) is 0 Å². The van der Waals surface area contributed by atoms with Crippen LogP contribution in [0.1, 0.15) is 38.9 Å². The molecule has 0 bridgehead atoms. The molecule has 0 unspecified atom stereocenters. The predicted octanol–water partition coefficient (Wildman–Crippen LogP) is 3.61. The summed E-state index contributed by atoms with van der Waals surface area (Å²) < 4.78 is 1.99. The molecule has 5 nitrogen and oxygen atoms in total. The minimum Gasteiger partial charge on any atom is -0.352 e. The lowest BCUT2D eigenvalue weighted by atomic mass is 9.78. The zero-order valence-electron chi connectivity index (χ0n) is 15.1. The maximum Gasteiger partial charge on any atom is 0.230 e. The van der Waals surface area contributed by atoms with Crippen molar-refractivity contribution in [2.75, 3.05) is 5.75 Å². The number of hydrogen-bond acceptors (Lipinski definition) is 4. The number of carbonyl (C=O) groups is 1. The van der Waals surface area contributed by atoms with Crippen LogP contribution in [0.2, 0.25) is 0 Å². The molecule has 1 heterocycles. The van der Waals surface area contributed by atoms with Gasteiger partial charge in [0.25, 0.3) is 0 Å². The SMILES string of the molecule is Cc1nnc(SCC(=O)N[C@@H]2CCC[C@H](C)[C@@H]2C)n1-c1ccccc1. The Kier molecular flexibility index (Phi) is 5.78. The van der Waals surface area contributed by atoms with Gasteiger partial charge in [0.05, 0.1) is 5.75 Å². The van der Waals surface area contributed by atoms with Gasteiger partial charge in [-0.15, -0.1) is 10.2 Å². The monoisotopic (exact) mass is 358 g/mol. The maximum absolute atomic E-state index is 12.4. The standard InChI is InChI=1S/C19H26N4OS/c1-13-8-7-11-17(14(13)2)20-18(24)12-25-19-22-21-15(3)23(19)16-9-5-4-6-10-16/h4-6,9-10,13-14,17H,7-8,11-12H2,1-3H3,(H,20,24)/t13-,14-,17+/m0/s1. The van der Waals surface area contributed by atoms with Gasteiger partial charge in [-0.2, -0.15) is 0 Å². The van der Waals surface area contributed by atoms with Crippen LogP contribution in [0.3, 0.4) is 0 Å².